The number of carboxylic acid groups (broad SMARTS) is 1. The summed E-state index contributed by atoms with van der Waals surface area (Å²) in [4.78, 5) is 22.4. The Balaban J connectivity index is 1.86. The molecule has 2 amide bonds. The zero-order valence-electron chi connectivity index (χ0n) is 14.0. The number of amides is 2. The number of rotatable bonds is 7. The molecule has 26 heavy (non-hydrogen) atoms. The van der Waals surface area contributed by atoms with Gasteiger partial charge < -0.3 is 15.2 Å². The first kappa shape index (κ1) is 19.5. The van der Waals surface area contributed by atoms with Crippen LogP contribution in [0.3, 0.4) is 0 Å². The van der Waals surface area contributed by atoms with Crippen LogP contribution < -0.4 is 15.5 Å². The molecule has 0 heterocycles. The molecule has 0 aliphatic heterocycles. The molecule has 0 bridgehead atoms. The summed E-state index contributed by atoms with van der Waals surface area (Å²) in [6, 6.07) is 12.2. The van der Waals surface area contributed by atoms with Gasteiger partial charge in [0.2, 0.25) is 0 Å². The quantitative estimate of drug-likeness (QED) is 0.474. The smallest absolute Gasteiger partial charge is 0.341 e. The number of aliphatic carboxylic acids is 1. The van der Waals surface area contributed by atoms with Crippen molar-refractivity contribution < 1.29 is 19.4 Å². The maximum atomic E-state index is 11.8. The summed E-state index contributed by atoms with van der Waals surface area (Å²) in [7, 11) is 0. The van der Waals surface area contributed by atoms with Crippen molar-refractivity contribution in [3.63, 3.8) is 0 Å². The molecule has 2 aromatic carbocycles. The molecule has 0 radical (unpaired) electrons. The Morgan fingerprint density at radius 1 is 1.27 bits per heavy atom. The number of carboxylic acids is 1. The average Bonchev–Trinajstić information content (AvgIpc) is 2.62. The molecular formula is C18H18BrN3O4. The highest BCUT2D eigenvalue weighted by Crippen LogP contribution is 2.17. The van der Waals surface area contributed by atoms with E-state index in [4.69, 9.17) is 9.84 Å². The van der Waals surface area contributed by atoms with Gasteiger partial charge in [0.1, 0.15) is 5.75 Å². The number of ether oxygens (including phenoxy) is 1. The molecular weight excluding hydrogens is 402 g/mol. The first-order valence-corrected chi connectivity index (χ1v) is 8.50. The lowest BCUT2D eigenvalue weighted by molar-refractivity contribution is -0.139. The van der Waals surface area contributed by atoms with Crippen molar-refractivity contribution in [1.29, 1.82) is 0 Å². The standard InChI is InChI=1S/C18H18BrN3O4/c1-12-8-13(6-7-15(12)19)9-20-18(25)22-21-10-14-4-2-3-5-16(14)26-11-17(23)24/h2-8,10H,9,11H2,1H3,(H,23,24)(H2,20,22,25). The van der Waals surface area contributed by atoms with Gasteiger partial charge in [-0.1, -0.05) is 40.2 Å². The van der Waals surface area contributed by atoms with Crippen LogP contribution in [-0.4, -0.2) is 29.9 Å². The zero-order chi connectivity index (χ0) is 18.9. The predicted octanol–water partition coefficient (Wildman–Crippen LogP) is 3.05. The Morgan fingerprint density at radius 2 is 2.04 bits per heavy atom. The van der Waals surface area contributed by atoms with Crippen LogP contribution >= 0.6 is 15.9 Å². The Labute approximate surface area is 159 Å². The van der Waals surface area contributed by atoms with Gasteiger partial charge in [0.15, 0.2) is 6.61 Å². The maximum absolute atomic E-state index is 11.8. The maximum Gasteiger partial charge on any atom is 0.341 e. The first-order chi connectivity index (χ1) is 12.5. The molecule has 0 aromatic heterocycles. The zero-order valence-corrected chi connectivity index (χ0v) is 15.6. The number of nitrogens with one attached hydrogen (secondary N) is 2. The summed E-state index contributed by atoms with van der Waals surface area (Å²) in [5.74, 6) is -0.705. The molecule has 8 heteroatoms. The van der Waals surface area contributed by atoms with Crippen LogP contribution in [0.1, 0.15) is 16.7 Å². The first-order valence-electron chi connectivity index (χ1n) is 7.71. The molecule has 136 valence electrons. The largest absolute Gasteiger partial charge is 0.481 e. The molecule has 0 aliphatic carbocycles. The van der Waals surface area contributed by atoms with E-state index < -0.39 is 18.6 Å². The molecule has 0 aliphatic rings. The molecule has 0 fully saturated rings. The third kappa shape index (κ3) is 6.21. The highest BCUT2D eigenvalue weighted by atomic mass is 79.9. The topological polar surface area (TPSA) is 100 Å². The van der Waals surface area contributed by atoms with E-state index in [1.54, 1.807) is 24.3 Å². The van der Waals surface area contributed by atoms with E-state index in [0.717, 1.165) is 15.6 Å². The van der Waals surface area contributed by atoms with Gasteiger partial charge in [-0.3, -0.25) is 0 Å². The van der Waals surface area contributed by atoms with Gasteiger partial charge in [-0.05, 0) is 36.2 Å². The van der Waals surface area contributed by atoms with E-state index in [9.17, 15) is 9.59 Å². The third-order valence-corrected chi connectivity index (χ3v) is 4.21. The number of carbonyl (C=O) groups is 2. The fourth-order valence-corrected chi connectivity index (χ4v) is 2.30. The second kappa shape index (κ2) is 9.57. The van der Waals surface area contributed by atoms with Crippen molar-refractivity contribution in [2.45, 2.75) is 13.5 Å². The van der Waals surface area contributed by atoms with Crippen molar-refractivity contribution in [3.8, 4) is 5.75 Å². The van der Waals surface area contributed by atoms with Crippen LogP contribution in [0.2, 0.25) is 0 Å². The van der Waals surface area contributed by atoms with E-state index in [2.05, 4.69) is 31.8 Å². The van der Waals surface area contributed by atoms with Gasteiger partial charge in [0.05, 0.1) is 6.21 Å². The summed E-state index contributed by atoms with van der Waals surface area (Å²) in [5.41, 5.74) is 4.96. The average molecular weight is 420 g/mol. The molecule has 0 spiro atoms. The van der Waals surface area contributed by atoms with Crippen LogP contribution in [0.5, 0.6) is 5.75 Å². The molecule has 3 N–H and O–H groups in total. The monoisotopic (exact) mass is 419 g/mol. The fourth-order valence-electron chi connectivity index (χ4n) is 2.06. The number of nitrogens with zero attached hydrogens (tertiary/aromatic N) is 1. The Hall–Kier alpha value is -2.87. The van der Waals surface area contributed by atoms with E-state index >= 15 is 0 Å². The highest BCUT2D eigenvalue weighted by molar-refractivity contribution is 9.10. The van der Waals surface area contributed by atoms with E-state index in [-0.39, 0.29) is 0 Å². The van der Waals surface area contributed by atoms with Crippen molar-refractivity contribution in [2.75, 3.05) is 6.61 Å². The lowest BCUT2D eigenvalue weighted by atomic mass is 10.1. The number of carbonyl (C=O) groups excluding carboxylic acids is 1. The van der Waals surface area contributed by atoms with E-state index in [1.807, 2.05) is 25.1 Å². The second-order valence-corrected chi connectivity index (χ2v) is 6.21. The minimum Gasteiger partial charge on any atom is -0.481 e. The molecule has 0 saturated heterocycles. The molecule has 7 nitrogen and oxygen atoms in total. The third-order valence-electron chi connectivity index (χ3n) is 3.32. The lowest BCUT2D eigenvalue weighted by Crippen LogP contribution is -2.31. The Bertz CT molecular complexity index is 824. The van der Waals surface area contributed by atoms with Gasteiger partial charge in [-0.25, -0.2) is 15.0 Å². The van der Waals surface area contributed by atoms with Crippen LogP contribution in [0.4, 0.5) is 4.79 Å². The number of hydrogen-bond acceptors (Lipinski definition) is 4. The normalized spacial score (nSPS) is 10.5. The molecule has 0 saturated carbocycles. The molecule has 2 rings (SSSR count). The Morgan fingerprint density at radius 3 is 2.77 bits per heavy atom. The van der Waals surface area contributed by atoms with Gasteiger partial charge in [0.25, 0.3) is 0 Å². The summed E-state index contributed by atoms with van der Waals surface area (Å²) in [6.07, 6.45) is 1.39. The number of hydrogen-bond donors (Lipinski definition) is 3. The van der Waals surface area contributed by atoms with Crippen molar-refractivity contribution in [1.82, 2.24) is 10.7 Å². The fraction of sp³-hybridized carbons (Fsp3) is 0.167. The summed E-state index contributed by atoms with van der Waals surface area (Å²) < 4.78 is 6.17. The van der Waals surface area contributed by atoms with Crippen LogP contribution in [0.15, 0.2) is 52.0 Å². The number of hydrazone groups is 1. The number of para-hydroxylation sites is 1. The molecule has 2 aromatic rings. The Kier molecular flexibility index (Phi) is 7.16. The number of aryl methyl sites for hydroxylation is 1. The minimum atomic E-state index is -1.07. The SMILES string of the molecule is Cc1cc(CNC(=O)NN=Cc2ccccc2OCC(=O)O)ccc1Br. The van der Waals surface area contributed by atoms with Crippen LogP contribution in [0.25, 0.3) is 0 Å². The van der Waals surface area contributed by atoms with Crippen molar-refractivity contribution in [3.05, 3.63) is 63.6 Å². The van der Waals surface area contributed by atoms with E-state index in [0.29, 0.717) is 17.9 Å². The highest BCUT2D eigenvalue weighted by Gasteiger charge is 2.04. The number of benzene rings is 2. The predicted molar refractivity (Wildman–Crippen MR) is 101 cm³/mol. The van der Waals surface area contributed by atoms with Crippen molar-refractivity contribution in [2.24, 2.45) is 5.10 Å². The van der Waals surface area contributed by atoms with Gasteiger partial charge in [-0.2, -0.15) is 5.10 Å². The van der Waals surface area contributed by atoms with Crippen molar-refractivity contribution >= 4 is 34.1 Å². The number of urea groups is 1. The lowest BCUT2D eigenvalue weighted by Gasteiger charge is -2.07. The van der Waals surface area contributed by atoms with E-state index in [1.165, 1.54) is 6.21 Å². The summed E-state index contributed by atoms with van der Waals surface area (Å²) in [5, 5.41) is 15.2. The molecule has 0 atom stereocenters. The minimum absolute atomic E-state index is 0.367. The second-order valence-electron chi connectivity index (χ2n) is 5.36. The van der Waals surface area contributed by atoms with Crippen LogP contribution in [-0.2, 0) is 11.3 Å². The molecule has 0 unspecified atom stereocenters. The van der Waals surface area contributed by atoms with Gasteiger partial charge in [0, 0.05) is 16.6 Å². The summed E-state index contributed by atoms with van der Waals surface area (Å²) >= 11 is 3.43. The van der Waals surface area contributed by atoms with Gasteiger partial charge in [-0.15, -0.1) is 0 Å². The van der Waals surface area contributed by atoms with Gasteiger partial charge >= 0.3 is 12.0 Å². The van der Waals surface area contributed by atoms with Crippen LogP contribution in [0, 0.1) is 6.92 Å². The summed E-state index contributed by atoms with van der Waals surface area (Å²) in [6.45, 7) is 1.89. The number of halogens is 1.